The smallest absolute Gasteiger partial charge is 0.156 e. The van der Waals surface area contributed by atoms with Crippen LogP contribution in [0.25, 0.3) is 0 Å². The van der Waals surface area contributed by atoms with Crippen molar-refractivity contribution in [3.8, 4) is 5.75 Å². The van der Waals surface area contributed by atoms with E-state index in [0.29, 0.717) is 6.04 Å². The zero-order chi connectivity index (χ0) is 14.7. The summed E-state index contributed by atoms with van der Waals surface area (Å²) in [6, 6.07) is 4.32. The zero-order valence-electron chi connectivity index (χ0n) is 12.4. The topological polar surface area (TPSA) is 21.3 Å². The second-order valence-electron chi connectivity index (χ2n) is 5.98. The third kappa shape index (κ3) is 3.82. The van der Waals surface area contributed by atoms with Crippen molar-refractivity contribution in [1.29, 1.82) is 0 Å². The maximum absolute atomic E-state index is 6.15. The maximum Gasteiger partial charge on any atom is 0.156 e. The Morgan fingerprint density at radius 1 is 1.35 bits per heavy atom. The van der Waals surface area contributed by atoms with Gasteiger partial charge in [-0.25, -0.2) is 0 Å². The number of benzene rings is 1. The summed E-state index contributed by atoms with van der Waals surface area (Å²) >= 11 is 9.66. The number of hydrogen-bond donors (Lipinski definition) is 1. The number of methoxy groups -OCH3 is 1. The van der Waals surface area contributed by atoms with E-state index < -0.39 is 0 Å². The molecule has 2 rings (SSSR count). The summed E-state index contributed by atoms with van der Waals surface area (Å²) in [5.74, 6) is 2.41. The first-order valence-corrected chi connectivity index (χ1v) is 8.48. The molecule has 0 amide bonds. The number of halogens is 2. The van der Waals surface area contributed by atoms with Crippen LogP contribution in [-0.4, -0.2) is 13.2 Å². The summed E-state index contributed by atoms with van der Waals surface area (Å²) in [4.78, 5) is 0. The molecule has 0 heterocycles. The molecular weight excluding hydrogens is 338 g/mol. The van der Waals surface area contributed by atoms with E-state index >= 15 is 0 Å². The predicted molar refractivity (Wildman–Crippen MR) is 89.9 cm³/mol. The Morgan fingerprint density at radius 3 is 2.75 bits per heavy atom. The molecule has 2 atom stereocenters. The van der Waals surface area contributed by atoms with Gasteiger partial charge in [0.15, 0.2) is 5.75 Å². The highest BCUT2D eigenvalue weighted by molar-refractivity contribution is 9.10. The molecule has 112 valence electrons. The van der Waals surface area contributed by atoms with Gasteiger partial charge in [-0.3, -0.25) is 0 Å². The Labute approximate surface area is 135 Å². The number of ether oxygens (including phenoxy) is 1. The minimum atomic E-state index is 0.510. The number of anilines is 1. The average Bonchev–Trinajstić information content (AvgIpc) is 2.38. The molecule has 0 radical (unpaired) electrons. The fourth-order valence-electron chi connectivity index (χ4n) is 3.06. The molecule has 20 heavy (non-hydrogen) atoms. The van der Waals surface area contributed by atoms with E-state index in [4.69, 9.17) is 16.3 Å². The fourth-order valence-corrected chi connectivity index (χ4v) is 4.03. The van der Waals surface area contributed by atoms with E-state index in [1.807, 2.05) is 12.1 Å². The van der Waals surface area contributed by atoms with Crippen LogP contribution >= 0.6 is 27.5 Å². The third-order valence-electron chi connectivity index (χ3n) is 4.23. The van der Waals surface area contributed by atoms with Gasteiger partial charge >= 0.3 is 0 Å². The molecule has 0 aromatic heterocycles. The lowest BCUT2D eigenvalue weighted by Gasteiger charge is -2.33. The van der Waals surface area contributed by atoms with Crippen molar-refractivity contribution in [1.82, 2.24) is 0 Å². The molecule has 1 aromatic rings. The van der Waals surface area contributed by atoms with Crippen molar-refractivity contribution in [3.05, 3.63) is 21.6 Å². The van der Waals surface area contributed by atoms with Gasteiger partial charge in [0.2, 0.25) is 0 Å². The van der Waals surface area contributed by atoms with Gasteiger partial charge in [0, 0.05) is 11.1 Å². The number of nitrogens with one attached hydrogen (secondary N) is 1. The molecule has 4 heteroatoms. The SMILES string of the molecule is COc1c(Br)cc(Cl)cc1NC1CCCC(C(C)C)C1. The molecule has 0 spiro atoms. The maximum atomic E-state index is 6.15. The highest BCUT2D eigenvalue weighted by Gasteiger charge is 2.25. The van der Waals surface area contributed by atoms with Crippen molar-refractivity contribution in [3.63, 3.8) is 0 Å². The van der Waals surface area contributed by atoms with E-state index in [9.17, 15) is 0 Å². The molecule has 1 fully saturated rings. The Bertz CT molecular complexity index is 464. The fraction of sp³-hybridized carbons (Fsp3) is 0.625. The van der Waals surface area contributed by atoms with E-state index in [1.54, 1.807) is 7.11 Å². The van der Waals surface area contributed by atoms with Gasteiger partial charge in [-0.1, -0.05) is 38.3 Å². The molecule has 1 saturated carbocycles. The Hall–Kier alpha value is -0.410. The van der Waals surface area contributed by atoms with E-state index in [2.05, 4.69) is 35.1 Å². The zero-order valence-corrected chi connectivity index (χ0v) is 14.7. The van der Waals surface area contributed by atoms with Crippen LogP contribution in [0.5, 0.6) is 5.75 Å². The molecule has 0 bridgehead atoms. The van der Waals surface area contributed by atoms with Crippen molar-refractivity contribution in [2.45, 2.75) is 45.6 Å². The first kappa shape index (κ1) is 16.0. The van der Waals surface area contributed by atoms with Gasteiger partial charge < -0.3 is 10.1 Å². The van der Waals surface area contributed by atoms with Crippen molar-refractivity contribution >= 4 is 33.2 Å². The van der Waals surface area contributed by atoms with Gasteiger partial charge in [0.05, 0.1) is 17.3 Å². The van der Waals surface area contributed by atoms with Crippen LogP contribution in [0.1, 0.15) is 39.5 Å². The highest BCUT2D eigenvalue weighted by atomic mass is 79.9. The van der Waals surface area contributed by atoms with Crippen LogP contribution in [0.15, 0.2) is 16.6 Å². The van der Waals surface area contributed by atoms with E-state index in [0.717, 1.165) is 32.8 Å². The average molecular weight is 361 g/mol. The molecule has 1 aliphatic rings. The molecule has 1 aliphatic carbocycles. The van der Waals surface area contributed by atoms with Crippen LogP contribution in [0, 0.1) is 11.8 Å². The summed E-state index contributed by atoms with van der Waals surface area (Å²) in [6.45, 7) is 4.65. The Morgan fingerprint density at radius 2 is 2.10 bits per heavy atom. The van der Waals surface area contributed by atoms with Crippen molar-refractivity contribution < 1.29 is 4.74 Å². The van der Waals surface area contributed by atoms with Gasteiger partial charge in [0.1, 0.15) is 0 Å². The monoisotopic (exact) mass is 359 g/mol. The number of hydrogen-bond acceptors (Lipinski definition) is 2. The lowest BCUT2D eigenvalue weighted by Crippen LogP contribution is -2.29. The summed E-state index contributed by atoms with van der Waals surface area (Å²) in [7, 11) is 1.69. The van der Waals surface area contributed by atoms with Crippen LogP contribution in [0.4, 0.5) is 5.69 Å². The van der Waals surface area contributed by atoms with Crippen LogP contribution in [0.2, 0.25) is 5.02 Å². The molecule has 0 saturated heterocycles. The first-order valence-electron chi connectivity index (χ1n) is 7.30. The quantitative estimate of drug-likeness (QED) is 0.739. The van der Waals surface area contributed by atoms with Crippen LogP contribution in [-0.2, 0) is 0 Å². The van der Waals surface area contributed by atoms with Crippen molar-refractivity contribution in [2.24, 2.45) is 11.8 Å². The standard InChI is InChI=1S/C16H23BrClNO/c1-10(2)11-5-4-6-13(7-11)19-15-9-12(18)8-14(17)16(15)20-3/h8-11,13,19H,4-7H2,1-3H3. The summed E-state index contributed by atoms with van der Waals surface area (Å²) in [5, 5.41) is 4.35. The summed E-state index contributed by atoms with van der Waals surface area (Å²) in [6.07, 6.45) is 5.10. The van der Waals surface area contributed by atoms with Gasteiger partial charge in [-0.05, 0) is 52.7 Å². The predicted octanol–water partition coefficient (Wildman–Crippen LogP) is 5.74. The molecule has 0 aliphatic heterocycles. The third-order valence-corrected chi connectivity index (χ3v) is 5.04. The highest BCUT2D eigenvalue weighted by Crippen LogP contribution is 2.38. The van der Waals surface area contributed by atoms with Gasteiger partial charge in [-0.2, -0.15) is 0 Å². The first-order chi connectivity index (χ1) is 9.51. The minimum Gasteiger partial charge on any atom is -0.493 e. The molecule has 1 aromatic carbocycles. The summed E-state index contributed by atoms with van der Waals surface area (Å²) < 4.78 is 6.37. The molecule has 1 N–H and O–H groups in total. The molecular formula is C16H23BrClNO. The number of rotatable bonds is 4. The van der Waals surface area contributed by atoms with E-state index in [1.165, 1.54) is 25.7 Å². The van der Waals surface area contributed by atoms with E-state index in [-0.39, 0.29) is 0 Å². The second-order valence-corrected chi connectivity index (χ2v) is 7.27. The van der Waals surface area contributed by atoms with Gasteiger partial charge in [-0.15, -0.1) is 0 Å². The molecule has 2 nitrogen and oxygen atoms in total. The minimum absolute atomic E-state index is 0.510. The summed E-state index contributed by atoms with van der Waals surface area (Å²) in [5.41, 5.74) is 0.987. The van der Waals surface area contributed by atoms with Crippen LogP contribution < -0.4 is 10.1 Å². The molecule has 2 unspecified atom stereocenters. The normalized spacial score (nSPS) is 22.9. The Balaban J connectivity index is 2.13. The lowest BCUT2D eigenvalue weighted by atomic mass is 9.79. The second kappa shape index (κ2) is 7.04. The van der Waals surface area contributed by atoms with Crippen molar-refractivity contribution in [2.75, 3.05) is 12.4 Å². The Kier molecular flexibility index (Phi) is 5.62. The van der Waals surface area contributed by atoms with Gasteiger partial charge in [0.25, 0.3) is 0 Å². The largest absolute Gasteiger partial charge is 0.493 e. The lowest BCUT2D eigenvalue weighted by molar-refractivity contribution is 0.264. The van der Waals surface area contributed by atoms with Crippen LogP contribution in [0.3, 0.4) is 0 Å².